The highest BCUT2D eigenvalue weighted by Gasteiger charge is 2.16. The molecule has 0 atom stereocenters. The zero-order valence-corrected chi connectivity index (χ0v) is 10.9. The summed E-state index contributed by atoms with van der Waals surface area (Å²) in [6.45, 7) is 0.752. The number of nitrogens with zero attached hydrogens (tertiary/aromatic N) is 3. The van der Waals surface area contributed by atoms with E-state index >= 15 is 0 Å². The van der Waals surface area contributed by atoms with Gasteiger partial charge < -0.3 is 9.88 Å². The van der Waals surface area contributed by atoms with Crippen molar-refractivity contribution in [1.29, 1.82) is 0 Å². The third kappa shape index (κ3) is 2.22. The van der Waals surface area contributed by atoms with E-state index < -0.39 is 0 Å². The van der Waals surface area contributed by atoms with Gasteiger partial charge >= 0.3 is 0 Å². The largest absolute Gasteiger partial charge is 0.314 e. The van der Waals surface area contributed by atoms with Gasteiger partial charge in [-0.25, -0.2) is 4.98 Å². The van der Waals surface area contributed by atoms with Gasteiger partial charge in [-0.1, -0.05) is 12.2 Å². The number of imidazole rings is 1. The summed E-state index contributed by atoms with van der Waals surface area (Å²) < 4.78 is 2.16. The molecule has 0 saturated heterocycles. The molecule has 0 spiro atoms. The van der Waals surface area contributed by atoms with Gasteiger partial charge in [-0.3, -0.25) is 4.98 Å². The SMILES string of the molecule is CNCc1nc2n(c1-c1cccnc1)C=CC=CC2. The lowest BCUT2D eigenvalue weighted by Gasteiger charge is -2.07. The molecule has 1 aliphatic heterocycles. The van der Waals surface area contributed by atoms with Crippen LogP contribution in [0.15, 0.2) is 42.8 Å². The molecule has 1 aliphatic rings. The maximum atomic E-state index is 4.75. The molecular formula is C15H16N4. The summed E-state index contributed by atoms with van der Waals surface area (Å²) in [5.41, 5.74) is 3.28. The summed E-state index contributed by atoms with van der Waals surface area (Å²) in [5, 5.41) is 3.18. The molecule has 2 aromatic rings. The molecule has 96 valence electrons. The van der Waals surface area contributed by atoms with Gasteiger partial charge in [-0.05, 0) is 25.3 Å². The summed E-state index contributed by atoms with van der Waals surface area (Å²) in [6.07, 6.45) is 12.8. The first kappa shape index (κ1) is 11.9. The van der Waals surface area contributed by atoms with Crippen molar-refractivity contribution in [2.45, 2.75) is 13.0 Å². The van der Waals surface area contributed by atoms with Gasteiger partial charge in [0.25, 0.3) is 0 Å². The normalized spacial score (nSPS) is 13.3. The first-order valence-electron chi connectivity index (χ1n) is 6.38. The minimum atomic E-state index is 0.752. The van der Waals surface area contributed by atoms with Gasteiger partial charge in [0.05, 0.1) is 11.4 Å². The van der Waals surface area contributed by atoms with E-state index in [0.717, 1.165) is 35.7 Å². The van der Waals surface area contributed by atoms with Crippen LogP contribution in [0.5, 0.6) is 0 Å². The average Bonchev–Trinajstić information content (AvgIpc) is 2.62. The molecule has 0 radical (unpaired) electrons. The molecule has 3 heterocycles. The maximum Gasteiger partial charge on any atom is 0.117 e. The van der Waals surface area contributed by atoms with Gasteiger partial charge in [0.15, 0.2) is 0 Å². The summed E-state index contributed by atoms with van der Waals surface area (Å²) >= 11 is 0. The van der Waals surface area contributed by atoms with E-state index in [-0.39, 0.29) is 0 Å². The first-order chi connectivity index (χ1) is 9.40. The van der Waals surface area contributed by atoms with Crippen molar-refractivity contribution in [2.75, 3.05) is 7.05 Å². The second kappa shape index (κ2) is 5.20. The van der Waals surface area contributed by atoms with Crippen LogP contribution in [0.1, 0.15) is 11.5 Å². The monoisotopic (exact) mass is 252 g/mol. The van der Waals surface area contributed by atoms with Crippen LogP contribution in [0.25, 0.3) is 17.5 Å². The van der Waals surface area contributed by atoms with Crippen LogP contribution in [0.4, 0.5) is 0 Å². The van der Waals surface area contributed by atoms with Crippen molar-refractivity contribution in [3.63, 3.8) is 0 Å². The molecule has 0 aliphatic carbocycles. The number of allylic oxidation sites excluding steroid dienone is 3. The van der Waals surface area contributed by atoms with Crippen molar-refractivity contribution in [3.05, 3.63) is 54.3 Å². The highest BCUT2D eigenvalue weighted by Crippen LogP contribution is 2.26. The van der Waals surface area contributed by atoms with E-state index in [1.807, 2.05) is 25.4 Å². The Kier molecular flexibility index (Phi) is 3.25. The Hall–Kier alpha value is -2.20. The molecule has 3 rings (SSSR count). The van der Waals surface area contributed by atoms with E-state index in [4.69, 9.17) is 4.98 Å². The fraction of sp³-hybridized carbons (Fsp3) is 0.200. The molecule has 4 nitrogen and oxygen atoms in total. The maximum absolute atomic E-state index is 4.75. The van der Waals surface area contributed by atoms with Crippen LogP contribution in [0.3, 0.4) is 0 Å². The van der Waals surface area contributed by atoms with Gasteiger partial charge in [0.1, 0.15) is 5.82 Å². The number of hydrogen-bond donors (Lipinski definition) is 1. The molecule has 0 fully saturated rings. The second-order valence-corrected chi connectivity index (χ2v) is 4.44. The van der Waals surface area contributed by atoms with Crippen molar-refractivity contribution in [1.82, 2.24) is 19.9 Å². The van der Waals surface area contributed by atoms with Crippen LogP contribution in [0.2, 0.25) is 0 Å². The van der Waals surface area contributed by atoms with E-state index in [1.165, 1.54) is 0 Å². The van der Waals surface area contributed by atoms with Gasteiger partial charge in [-0.15, -0.1) is 0 Å². The smallest absolute Gasteiger partial charge is 0.117 e. The summed E-state index contributed by atoms with van der Waals surface area (Å²) in [4.78, 5) is 8.96. The standard InChI is InChI=1S/C15H16N4/c1-16-11-13-15(12-6-5-8-17-10-12)19-9-4-2-3-7-14(19)18-13/h2-6,8-10,16H,7,11H2,1H3. The minimum absolute atomic E-state index is 0.752. The van der Waals surface area contributed by atoms with E-state index in [9.17, 15) is 0 Å². The average molecular weight is 252 g/mol. The molecule has 0 saturated carbocycles. The molecule has 19 heavy (non-hydrogen) atoms. The molecule has 1 N–H and O–H groups in total. The zero-order chi connectivity index (χ0) is 13.1. The summed E-state index contributed by atoms with van der Waals surface area (Å²) in [7, 11) is 1.94. The Morgan fingerprint density at radius 1 is 1.37 bits per heavy atom. The van der Waals surface area contributed by atoms with E-state index in [0.29, 0.717) is 0 Å². The fourth-order valence-corrected chi connectivity index (χ4v) is 2.32. The van der Waals surface area contributed by atoms with Crippen molar-refractivity contribution in [2.24, 2.45) is 0 Å². The fourth-order valence-electron chi connectivity index (χ4n) is 2.32. The van der Waals surface area contributed by atoms with Crippen LogP contribution in [-0.2, 0) is 13.0 Å². The number of pyridine rings is 1. The van der Waals surface area contributed by atoms with Crippen LogP contribution in [0, 0.1) is 0 Å². The molecule has 0 aromatic carbocycles. The summed E-state index contributed by atoms with van der Waals surface area (Å²) in [6, 6.07) is 4.03. The Bertz CT molecular complexity index is 623. The highest BCUT2D eigenvalue weighted by molar-refractivity contribution is 5.65. The number of nitrogens with one attached hydrogen (secondary N) is 1. The predicted octanol–water partition coefficient (Wildman–Crippen LogP) is 2.25. The lowest BCUT2D eigenvalue weighted by Crippen LogP contribution is -2.07. The molecule has 0 amide bonds. The third-order valence-electron chi connectivity index (χ3n) is 3.12. The van der Waals surface area contributed by atoms with Crippen molar-refractivity contribution < 1.29 is 0 Å². The Morgan fingerprint density at radius 3 is 3.11 bits per heavy atom. The van der Waals surface area contributed by atoms with Gasteiger partial charge in [0, 0.05) is 37.1 Å². The van der Waals surface area contributed by atoms with E-state index in [2.05, 4.69) is 39.3 Å². The number of aromatic nitrogens is 3. The van der Waals surface area contributed by atoms with Crippen LogP contribution < -0.4 is 5.32 Å². The molecule has 0 bridgehead atoms. The third-order valence-corrected chi connectivity index (χ3v) is 3.12. The number of rotatable bonds is 3. The van der Waals surface area contributed by atoms with Crippen molar-refractivity contribution >= 4 is 6.20 Å². The van der Waals surface area contributed by atoms with Gasteiger partial charge in [0.2, 0.25) is 0 Å². The van der Waals surface area contributed by atoms with E-state index in [1.54, 1.807) is 6.20 Å². The van der Waals surface area contributed by atoms with Crippen LogP contribution in [-0.4, -0.2) is 21.6 Å². The zero-order valence-electron chi connectivity index (χ0n) is 10.9. The summed E-state index contributed by atoms with van der Waals surface area (Å²) in [5.74, 6) is 1.06. The van der Waals surface area contributed by atoms with Gasteiger partial charge in [-0.2, -0.15) is 0 Å². The Labute approximate surface area is 112 Å². The minimum Gasteiger partial charge on any atom is -0.314 e. The number of fused-ring (bicyclic) bond motifs is 1. The number of hydrogen-bond acceptors (Lipinski definition) is 3. The van der Waals surface area contributed by atoms with Crippen LogP contribution >= 0.6 is 0 Å². The molecule has 4 heteroatoms. The molecule has 0 unspecified atom stereocenters. The molecular weight excluding hydrogens is 236 g/mol. The highest BCUT2D eigenvalue weighted by atomic mass is 15.1. The Balaban J connectivity index is 2.18. The lowest BCUT2D eigenvalue weighted by atomic mass is 10.1. The Morgan fingerprint density at radius 2 is 2.32 bits per heavy atom. The molecule has 2 aromatic heterocycles. The van der Waals surface area contributed by atoms with Crippen molar-refractivity contribution in [3.8, 4) is 11.3 Å². The predicted molar refractivity (Wildman–Crippen MR) is 76.4 cm³/mol. The first-order valence-corrected chi connectivity index (χ1v) is 6.38. The quantitative estimate of drug-likeness (QED) is 0.911. The lowest BCUT2D eigenvalue weighted by molar-refractivity contribution is 0.795. The topological polar surface area (TPSA) is 42.7 Å². The second-order valence-electron chi connectivity index (χ2n) is 4.44.